The molecule has 0 spiro atoms. The summed E-state index contributed by atoms with van der Waals surface area (Å²) >= 11 is 0. The van der Waals surface area contributed by atoms with Crippen LogP contribution in [0.5, 0.6) is 0 Å². The largest absolute Gasteiger partial charge is 0.481 e. The summed E-state index contributed by atoms with van der Waals surface area (Å²) in [6, 6.07) is 17.2. The molecule has 4 nitrogen and oxygen atoms in total. The molecular weight excluding hydrogens is 302 g/mol. The van der Waals surface area contributed by atoms with Gasteiger partial charge in [0, 0.05) is 5.69 Å². The highest BCUT2D eigenvalue weighted by molar-refractivity contribution is 5.96. The Kier molecular flexibility index (Phi) is 4.65. The average Bonchev–Trinajstić information content (AvgIpc) is 2.51. The zero-order valence-corrected chi connectivity index (χ0v) is 13.5. The van der Waals surface area contributed by atoms with Crippen LogP contribution in [0.4, 0.5) is 5.69 Å². The first-order chi connectivity index (χ1) is 11.6. The summed E-state index contributed by atoms with van der Waals surface area (Å²) in [6.45, 7) is 0. The Morgan fingerprint density at radius 3 is 2.33 bits per heavy atom. The minimum atomic E-state index is -0.877. The lowest BCUT2D eigenvalue weighted by molar-refractivity contribution is -0.136. The molecule has 0 saturated heterocycles. The molecule has 124 valence electrons. The first-order valence-corrected chi connectivity index (χ1v) is 8.24. The predicted octanol–water partition coefficient (Wildman–Crippen LogP) is 3.67. The Balaban J connectivity index is 1.72. The van der Waals surface area contributed by atoms with Crippen LogP contribution >= 0.6 is 0 Å². The van der Waals surface area contributed by atoms with Gasteiger partial charge in [-0.1, -0.05) is 48.9 Å². The van der Waals surface area contributed by atoms with Crippen molar-refractivity contribution in [3.63, 3.8) is 0 Å². The number of carbonyl (C=O) groups excluding carboxylic acids is 1. The Morgan fingerprint density at radius 1 is 1.00 bits per heavy atom. The number of benzene rings is 2. The summed E-state index contributed by atoms with van der Waals surface area (Å²) in [5.74, 6) is -0.844. The van der Waals surface area contributed by atoms with Crippen molar-refractivity contribution >= 4 is 17.6 Å². The molecule has 1 fully saturated rings. The van der Waals surface area contributed by atoms with Crippen molar-refractivity contribution in [2.24, 2.45) is 5.41 Å². The van der Waals surface area contributed by atoms with E-state index >= 15 is 0 Å². The molecule has 0 heterocycles. The second-order valence-electron chi connectivity index (χ2n) is 6.52. The number of carboxylic acid groups (broad SMARTS) is 1. The fraction of sp³-hybridized carbons (Fsp3) is 0.300. The molecule has 0 radical (unpaired) electrons. The van der Waals surface area contributed by atoms with Gasteiger partial charge in [0.05, 0.1) is 11.8 Å². The molecule has 0 bridgehead atoms. The lowest BCUT2D eigenvalue weighted by atomic mass is 9.64. The van der Waals surface area contributed by atoms with Gasteiger partial charge in [0.2, 0.25) is 5.91 Å². The van der Waals surface area contributed by atoms with Gasteiger partial charge in [0.1, 0.15) is 0 Å². The molecule has 0 aliphatic heterocycles. The molecule has 4 heteroatoms. The van der Waals surface area contributed by atoms with E-state index in [0.717, 1.165) is 25.7 Å². The molecule has 1 saturated carbocycles. The van der Waals surface area contributed by atoms with E-state index in [1.165, 1.54) is 5.56 Å². The average molecular weight is 323 g/mol. The van der Waals surface area contributed by atoms with Crippen molar-refractivity contribution in [3.05, 3.63) is 65.7 Å². The van der Waals surface area contributed by atoms with Gasteiger partial charge in [0.25, 0.3) is 0 Å². The number of carboxylic acids is 1. The van der Waals surface area contributed by atoms with Crippen molar-refractivity contribution in [3.8, 4) is 0 Å². The summed E-state index contributed by atoms with van der Waals surface area (Å²) < 4.78 is 0. The number of anilines is 1. The number of aliphatic carboxylic acids is 1. The molecule has 1 amide bonds. The van der Waals surface area contributed by atoms with Crippen LogP contribution in [0.1, 0.15) is 30.4 Å². The third-order valence-corrected chi connectivity index (χ3v) is 4.72. The highest BCUT2D eigenvalue weighted by Gasteiger charge is 2.43. The van der Waals surface area contributed by atoms with Gasteiger partial charge in [0.15, 0.2) is 0 Å². The smallest absolute Gasteiger partial charge is 0.307 e. The maximum absolute atomic E-state index is 12.8. The van der Waals surface area contributed by atoms with Crippen LogP contribution in [-0.4, -0.2) is 17.0 Å². The molecule has 2 aromatic rings. The van der Waals surface area contributed by atoms with Crippen LogP contribution in [0, 0.1) is 5.41 Å². The number of nitrogens with one attached hydrogen (secondary N) is 1. The van der Waals surface area contributed by atoms with Crippen LogP contribution in [0.2, 0.25) is 0 Å². The second-order valence-corrected chi connectivity index (χ2v) is 6.52. The van der Waals surface area contributed by atoms with Gasteiger partial charge in [-0.2, -0.15) is 0 Å². The summed E-state index contributed by atoms with van der Waals surface area (Å²) in [5, 5.41) is 11.9. The summed E-state index contributed by atoms with van der Waals surface area (Å²) in [4.78, 5) is 23.7. The van der Waals surface area contributed by atoms with Crippen molar-refractivity contribution in [1.82, 2.24) is 0 Å². The zero-order valence-electron chi connectivity index (χ0n) is 13.5. The topological polar surface area (TPSA) is 66.4 Å². The Labute approximate surface area is 141 Å². The standard InChI is InChI=1S/C20H21NO3/c22-18(23)13-16-8-4-9-17(12-16)21-19(24)20(10-5-11-20)14-15-6-2-1-3-7-15/h1-4,6-9,12H,5,10-11,13-14H2,(H,21,24)(H,22,23). The first-order valence-electron chi connectivity index (χ1n) is 8.24. The number of carbonyl (C=O) groups is 2. The van der Waals surface area contributed by atoms with E-state index in [4.69, 9.17) is 5.11 Å². The zero-order chi connectivity index (χ0) is 17.0. The highest BCUT2D eigenvalue weighted by atomic mass is 16.4. The van der Waals surface area contributed by atoms with Gasteiger partial charge in [-0.3, -0.25) is 9.59 Å². The van der Waals surface area contributed by atoms with Crippen LogP contribution < -0.4 is 5.32 Å². The Hall–Kier alpha value is -2.62. The van der Waals surface area contributed by atoms with E-state index < -0.39 is 5.97 Å². The van der Waals surface area contributed by atoms with Gasteiger partial charge < -0.3 is 10.4 Å². The van der Waals surface area contributed by atoms with Crippen molar-refractivity contribution in [2.75, 3.05) is 5.32 Å². The maximum atomic E-state index is 12.8. The monoisotopic (exact) mass is 323 g/mol. The van der Waals surface area contributed by atoms with Crippen LogP contribution in [0.15, 0.2) is 54.6 Å². The van der Waals surface area contributed by atoms with E-state index in [-0.39, 0.29) is 17.7 Å². The summed E-state index contributed by atoms with van der Waals surface area (Å²) in [7, 11) is 0. The van der Waals surface area contributed by atoms with Crippen molar-refractivity contribution in [1.29, 1.82) is 0 Å². The Bertz CT molecular complexity index is 736. The molecule has 1 aliphatic carbocycles. The first kappa shape index (κ1) is 16.2. The molecule has 0 aromatic heterocycles. The summed E-state index contributed by atoms with van der Waals surface area (Å²) in [6.07, 6.45) is 3.55. The van der Waals surface area contributed by atoms with Crippen molar-refractivity contribution in [2.45, 2.75) is 32.1 Å². The minimum Gasteiger partial charge on any atom is -0.481 e. The molecule has 2 aromatic carbocycles. The SMILES string of the molecule is O=C(O)Cc1cccc(NC(=O)C2(Cc3ccccc3)CCC2)c1. The molecule has 0 unspecified atom stereocenters. The van der Waals surface area contributed by atoms with E-state index in [2.05, 4.69) is 17.4 Å². The maximum Gasteiger partial charge on any atom is 0.307 e. The van der Waals surface area contributed by atoms with E-state index in [1.807, 2.05) is 18.2 Å². The molecule has 24 heavy (non-hydrogen) atoms. The van der Waals surface area contributed by atoms with Crippen LogP contribution in [0.3, 0.4) is 0 Å². The number of amides is 1. The fourth-order valence-corrected chi connectivity index (χ4v) is 3.27. The fourth-order valence-electron chi connectivity index (χ4n) is 3.27. The Morgan fingerprint density at radius 2 is 1.71 bits per heavy atom. The van der Waals surface area contributed by atoms with Gasteiger partial charge >= 0.3 is 5.97 Å². The molecule has 2 N–H and O–H groups in total. The normalized spacial score (nSPS) is 15.3. The highest BCUT2D eigenvalue weighted by Crippen LogP contribution is 2.44. The van der Waals surface area contributed by atoms with E-state index in [0.29, 0.717) is 11.3 Å². The predicted molar refractivity (Wildman–Crippen MR) is 92.8 cm³/mol. The van der Waals surface area contributed by atoms with Crippen LogP contribution in [0.25, 0.3) is 0 Å². The third kappa shape index (κ3) is 3.65. The van der Waals surface area contributed by atoms with E-state index in [1.54, 1.807) is 24.3 Å². The number of hydrogen-bond donors (Lipinski definition) is 2. The molecular formula is C20H21NO3. The molecule has 0 atom stereocenters. The van der Waals surface area contributed by atoms with Crippen LogP contribution in [-0.2, 0) is 22.4 Å². The number of hydrogen-bond acceptors (Lipinski definition) is 2. The van der Waals surface area contributed by atoms with E-state index in [9.17, 15) is 9.59 Å². The molecule has 3 rings (SSSR count). The van der Waals surface area contributed by atoms with Gasteiger partial charge in [-0.15, -0.1) is 0 Å². The van der Waals surface area contributed by atoms with Gasteiger partial charge in [-0.05, 0) is 42.5 Å². The molecule has 1 aliphatic rings. The summed E-state index contributed by atoms with van der Waals surface area (Å²) in [5.41, 5.74) is 2.18. The second kappa shape index (κ2) is 6.87. The third-order valence-electron chi connectivity index (χ3n) is 4.72. The van der Waals surface area contributed by atoms with Crippen molar-refractivity contribution < 1.29 is 14.7 Å². The quantitative estimate of drug-likeness (QED) is 0.852. The lowest BCUT2D eigenvalue weighted by Gasteiger charge is -2.40. The number of rotatable bonds is 6. The minimum absolute atomic E-state index is 0.0325. The van der Waals surface area contributed by atoms with Gasteiger partial charge in [-0.25, -0.2) is 0 Å². The lowest BCUT2D eigenvalue weighted by Crippen LogP contribution is -2.43.